The lowest BCUT2D eigenvalue weighted by Gasteiger charge is -2.18. The summed E-state index contributed by atoms with van der Waals surface area (Å²) in [5, 5.41) is 16.0. The Balaban J connectivity index is 0.00000364. The van der Waals surface area contributed by atoms with Gasteiger partial charge in [-0.15, -0.1) is 17.0 Å². The molecule has 0 bridgehead atoms. The first-order valence-corrected chi connectivity index (χ1v) is 8.12. The van der Waals surface area contributed by atoms with E-state index in [2.05, 4.69) is 10.6 Å². The Morgan fingerprint density at radius 3 is 2.26 bits per heavy atom. The number of hydrogen-bond acceptors (Lipinski definition) is 5. The molecule has 0 aliphatic rings. The van der Waals surface area contributed by atoms with Gasteiger partial charge in [-0.3, -0.25) is 19.7 Å². The molecule has 0 spiro atoms. The summed E-state index contributed by atoms with van der Waals surface area (Å²) >= 11 is 0. The zero-order valence-electron chi connectivity index (χ0n) is 14.5. The lowest BCUT2D eigenvalue weighted by Crippen LogP contribution is -2.44. The molecule has 2 amide bonds. The molecule has 2 aromatic rings. The monoisotopic (exact) mass is 436 g/mol. The highest BCUT2D eigenvalue weighted by Gasteiger charge is 2.21. The van der Waals surface area contributed by atoms with Crippen molar-refractivity contribution in [1.29, 1.82) is 0 Å². The van der Waals surface area contributed by atoms with Gasteiger partial charge in [0.1, 0.15) is 6.04 Å². The second-order valence-electron chi connectivity index (χ2n) is 5.62. The number of nitrogens with one attached hydrogen (secondary N) is 2. The zero-order valence-corrected chi connectivity index (χ0v) is 16.2. The molecular formula is C18H21BrN4O4. The second-order valence-corrected chi connectivity index (χ2v) is 5.62. The van der Waals surface area contributed by atoms with Crippen molar-refractivity contribution >= 4 is 40.2 Å². The van der Waals surface area contributed by atoms with Crippen LogP contribution in [0.25, 0.3) is 0 Å². The quantitative estimate of drug-likeness (QED) is 0.432. The molecule has 0 saturated carbocycles. The number of nitro groups is 1. The fraction of sp³-hybridized carbons (Fsp3) is 0.222. The van der Waals surface area contributed by atoms with Gasteiger partial charge in [0.05, 0.1) is 4.92 Å². The molecule has 2 aromatic carbocycles. The highest BCUT2D eigenvalue weighted by molar-refractivity contribution is 8.93. The van der Waals surface area contributed by atoms with Gasteiger partial charge in [0, 0.05) is 23.4 Å². The lowest BCUT2D eigenvalue weighted by atomic mass is 10.1. The molecular weight excluding hydrogens is 416 g/mol. The number of benzene rings is 2. The summed E-state index contributed by atoms with van der Waals surface area (Å²) in [6.45, 7) is 0.391. The molecule has 0 aliphatic carbocycles. The SMILES string of the molecule is Br.NCCCC(NC(=O)c1ccccc1)C(=O)Nc1ccc([N+](=O)[O-])cc1. The van der Waals surface area contributed by atoms with Crippen LogP contribution in [0.2, 0.25) is 0 Å². The highest BCUT2D eigenvalue weighted by atomic mass is 79.9. The predicted octanol–water partition coefficient (Wildman–Crippen LogP) is 2.65. The Kier molecular flexibility index (Phi) is 9.11. The van der Waals surface area contributed by atoms with Crippen LogP contribution in [0.4, 0.5) is 11.4 Å². The number of rotatable bonds is 8. The molecule has 1 atom stereocenters. The zero-order chi connectivity index (χ0) is 18.9. The summed E-state index contributed by atoms with van der Waals surface area (Å²) in [6.07, 6.45) is 0.946. The molecule has 144 valence electrons. The third kappa shape index (κ3) is 6.80. The van der Waals surface area contributed by atoms with Gasteiger partial charge in [-0.1, -0.05) is 18.2 Å². The van der Waals surface area contributed by atoms with E-state index in [-0.39, 0.29) is 28.6 Å². The van der Waals surface area contributed by atoms with E-state index >= 15 is 0 Å². The number of non-ortho nitro benzene ring substituents is 1. The first kappa shape index (κ1) is 22.3. The number of carbonyl (C=O) groups excluding carboxylic acids is 2. The van der Waals surface area contributed by atoms with Gasteiger partial charge in [-0.05, 0) is 43.7 Å². The van der Waals surface area contributed by atoms with Crippen molar-refractivity contribution in [1.82, 2.24) is 5.32 Å². The van der Waals surface area contributed by atoms with Crippen LogP contribution in [0.15, 0.2) is 54.6 Å². The number of hydrogen-bond donors (Lipinski definition) is 3. The topological polar surface area (TPSA) is 127 Å². The van der Waals surface area contributed by atoms with Crippen molar-refractivity contribution in [3.05, 3.63) is 70.3 Å². The van der Waals surface area contributed by atoms with Crippen molar-refractivity contribution in [3.8, 4) is 0 Å². The van der Waals surface area contributed by atoms with Gasteiger partial charge in [-0.25, -0.2) is 0 Å². The van der Waals surface area contributed by atoms with Gasteiger partial charge in [0.25, 0.3) is 11.6 Å². The van der Waals surface area contributed by atoms with Gasteiger partial charge in [0.15, 0.2) is 0 Å². The van der Waals surface area contributed by atoms with Crippen LogP contribution in [0, 0.1) is 10.1 Å². The Bertz CT molecular complexity index is 769. The summed E-state index contributed by atoms with van der Waals surface area (Å²) in [7, 11) is 0. The van der Waals surface area contributed by atoms with Crippen LogP contribution < -0.4 is 16.4 Å². The van der Waals surface area contributed by atoms with Gasteiger partial charge in [-0.2, -0.15) is 0 Å². The number of anilines is 1. The standard InChI is InChI=1S/C18H20N4O4.BrH/c19-12-4-7-16(21-17(23)13-5-2-1-3-6-13)18(24)20-14-8-10-15(11-9-14)22(25)26;/h1-3,5-6,8-11,16H,4,7,12,19H2,(H,20,24)(H,21,23);1H. The summed E-state index contributed by atoms with van der Waals surface area (Å²) in [5.74, 6) is -0.761. The van der Waals surface area contributed by atoms with Crippen LogP contribution >= 0.6 is 17.0 Å². The Hall–Kier alpha value is -2.78. The number of nitrogens with zero attached hydrogens (tertiary/aromatic N) is 1. The first-order chi connectivity index (χ1) is 12.5. The molecule has 2 rings (SSSR count). The van der Waals surface area contributed by atoms with Crippen LogP contribution in [-0.2, 0) is 4.79 Å². The second kappa shape index (κ2) is 11.0. The van der Waals surface area contributed by atoms with Crippen molar-refractivity contribution in [2.24, 2.45) is 5.73 Å². The van der Waals surface area contributed by atoms with E-state index < -0.39 is 16.9 Å². The number of halogens is 1. The third-order valence-electron chi connectivity index (χ3n) is 3.70. The first-order valence-electron chi connectivity index (χ1n) is 8.12. The molecule has 9 heteroatoms. The maximum atomic E-state index is 12.5. The molecule has 1 unspecified atom stereocenters. The molecule has 0 fully saturated rings. The number of nitro benzene ring substituents is 1. The van der Waals surface area contributed by atoms with Gasteiger partial charge in [0.2, 0.25) is 5.91 Å². The fourth-order valence-corrected chi connectivity index (χ4v) is 2.32. The molecule has 27 heavy (non-hydrogen) atoms. The minimum absolute atomic E-state index is 0. The van der Waals surface area contributed by atoms with Crippen LogP contribution in [0.1, 0.15) is 23.2 Å². The largest absolute Gasteiger partial charge is 0.340 e. The van der Waals surface area contributed by atoms with Crippen molar-refractivity contribution in [2.75, 3.05) is 11.9 Å². The number of amides is 2. The Labute approximate surface area is 167 Å². The van der Waals surface area contributed by atoms with E-state index in [0.717, 1.165) is 0 Å². The maximum absolute atomic E-state index is 12.5. The van der Waals surface area contributed by atoms with Crippen LogP contribution in [0.5, 0.6) is 0 Å². The molecule has 0 aromatic heterocycles. The summed E-state index contributed by atoms with van der Waals surface area (Å²) in [6, 6.07) is 13.3. The van der Waals surface area contributed by atoms with E-state index in [1.807, 2.05) is 0 Å². The summed E-state index contributed by atoms with van der Waals surface area (Å²) < 4.78 is 0. The minimum atomic E-state index is -0.763. The number of nitrogens with two attached hydrogens (primary N) is 1. The van der Waals surface area contributed by atoms with Crippen LogP contribution in [0.3, 0.4) is 0 Å². The van der Waals surface area contributed by atoms with Crippen molar-refractivity contribution < 1.29 is 14.5 Å². The van der Waals surface area contributed by atoms with Crippen molar-refractivity contribution in [3.63, 3.8) is 0 Å². The average molecular weight is 437 g/mol. The maximum Gasteiger partial charge on any atom is 0.269 e. The molecule has 0 radical (unpaired) electrons. The Morgan fingerprint density at radius 1 is 1.07 bits per heavy atom. The van der Waals surface area contributed by atoms with Gasteiger partial charge < -0.3 is 16.4 Å². The highest BCUT2D eigenvalue weighted by Crippen LogP contribution is 2.16. The molecule has 8 nitrogen and oxygen atoms in total. The van der Waals surface area contributed by atoms with Gasteiger partial charge >= 0.3 is 0 Å². The normalized spacial score (nSPS) is 11.0. The van der Waals surface area contributed by atoms with E-state index in [1.165, 1.54) is 24.3 Å². The van der Waals surface area contributed by atoms with E-state index in [1.54, 1.807) is 30.3 Å². The Morgan fingerprint density at radius 2 is 1.70 bits per heavy atom. The number of carbonyl (C=O) groups is 2. The minimum Gasteiger partial charge on any atom is -0.340 e. The lowest BCUT2D eigenvalue weighted by molar-refractivity contribution is -0.384. The summed E-state index contributed by atoms with van der Waals surface area (Å²) in [4.78, 5) is 35.0. The van der Waals surface area contributed by atoms with E-state index in [4.69, 9.17) is 5.73 Å². The molecule has 4 N–H and O–H groups in total. The van der Waals surface area contributed by atoms with E-state index in [9.17, 15) is 19.7 Å². The third-order valence-corrected chi connectivity index (χ3v) is 3.70. The molecule has 0 aliphatic heterocycles. The predicted molar refractivity (Wildman–Crippen MR) is 108 cm³/mol. The molecule has 0 heterocycles. The summed E-state index contributed by atoms with van der Waals surface area (Å²) in [5.41, 5.74) is 6.30. The fourth-order valence-electron chi connectivity index (χ4n) is 2.32. The van der Waals surface area contributed by atoms with E-state index in [0.29, 0.717) is 30.6 Å². The smallest absolute Gasteiger partial charge is 0.269 e. The van der Waals surface area contributed by atoms with Crippen molar-refractivity contribution in [2.45, 2.75) is 18.9 Å². The average Bonchev–Trinajstić information content (AvgIpc) is 2.66. The van der Waals surface area contributed by atoms with Crippen LogP contribution in [-0.4, -0.2) is 29.3 Å². The molecule has 0 saturated heterocycles.